The molecule has 3 rings (SSSR count). The van der Waals surface area contributed by atoms with Gasteiger partial charge in [-0.05, 0) is 59.2 Å². The van der Waals surface area contributed by atoms with Crippen LogP contribution in [0.1, 0.15) is 52.8 Å². The second kappa shape index (κ2) is 9.17. The van der Waals surface area contributed by atoms with Crippen LogP contribution in [0.4, 0.5) is 5.69 Å². The lowest BCUT2D eigenvalue weighted by molar-refractivity contribution is -0.383. The number of ether oxygens (including phenoxy) is 2. The Morgan fingerprint density at radius 2 is 1.76 bits per heavy atom. The van der Waals surface area contributed by atoms with Gasteiger partial charge in [0.1, 0.15) is 23.8 Å². The summed E-state index contributed by atoms with van der Waals surface area (Å²) >= 11 is 1.50. The first-order valence-corrected chi connectivity index (χ1v) is 11.6. The summed E-state index contributed by atoms with van der Waals surface area (Å²) in [5.41, 5.74) is 0.240. The molecule has 1 N–H and O–H groups in total. The van der Waals surface area contributed by atoms with E-state index in [1.165, 1.54) is 17.8 Å². The van der Waals surface area contributed by atoms with Crippen LogP contribution in [-0.4, -0.2) is 45.3 Å². The Labute approximate surface area is 196 Å². The number of aromatic nitrogens is 1. The van der Waals surface area contributed by atoms with Gasteiger partial charge in [0, 0.05) is 17.2 Å². The third kappa shape index (κ3) is 5.93. The molecule has 0 amide bonds. The van der Waals surface area contributed by atoms with E-state index in [1.807, 2.05) is 0 Å². The Kier molecular flexibility index (Phi) is 6.88. The van der Waals surface area contributed by atoms with E-state index in [4.69, 9.17) is 9.47 Å². The molecule has 1 aliphatic heterocycles. The number of carbonyl (C=O) groups excluding carboxylic acids is 2. The first kappa shape index (κ1) is 24.8. The van der Waals surface area contributed by atoms with E-state index in [-0.39, 0.29) is 36.9 Å². The van der Waals surface area contributed by atoms with Crippen molar-refractivity contribution in [1.82, 2.24) is 4.98 Å². The molecule has 178 valence electrons. The van der Waals surface area contributed by atoms with Crippen molar-refractivity contribution >= 4 is 45.3 Å². The molecule has 1 aromatic carbocycles. The van der Waals surface area contributed by atoms with Crippen LogP contribution < -0.4 is 0 Å². The van der Waals surface area contributed by atoms with Gasteiger partial charge in [0.2, 0.25) is 0 Å². The van der Waals surface area contributed by atoms with Crippen molar-refractivity contribution in [3.05, 3.63) is 39.6 Å². The van der Waals surface area contributed by atoms with Gasteiger partial charge in [0.05, 0.1) is 27.5 Å². The second-order valence-electron chi connectivity index (χ2n) is 10.1. The van der Waals surface area contributed by atoms with E-state index in [9.17, 15) is 19.7 Å². The maximum Gasteiger partial charge on any atom is 0.311 e. The molecule has 0 spiro atoms. The number of H-pyrrole nitrogens is 1. The monoisotopic (exact) mass is 475 g/mol. The summed E-state index contributed by atoms with van der Waals surface area (Å²) in [5.74, 6) is -0.00917. The number of thioether (sulfide) groups is 1. The minimum Gasteiger partial charge on any atom is -0.463 e. The largest absolute Gasteiger partial charge is 0.463 e. The van der Waals surface area contributed by atoms with Crippen LogP contribution in [0.15, 0.2) is 23.2 Å². The van der Waals surface area contributed by atoms with Crippen LogP contribution in [0.2, 0.25) is 0 Å². The Hall–Kier alpha value is -2.88. The third-order valence-electron chi connectivity index (χ3n) is 4.91. The predicted octanol–water partition coefficient (Wildman–Crippen LogP) is 4.62. The number of fused-ring (bicyclic) bond motifs is 1. The third-order valence-corrected chi connectivity index (χ3v) is 6.06. The number of rotatable bonds is 6. The van der Waals surface area contributed by atoms with Gasteiger partial charge in [-0.15, -0.1) is 11.8 Å². The highest BCUT2D eigenvalue weighted by Gasteiger charge is 2.28. The van der Waals surface area contributed by atoms with E-state index >= 15 is 0 Å². The summed E-state index contributed by atoms with van der Waals surface area (Å²) in [6.07, 6.45) is 0. The minimum absolute atomic E-state index is 0.0513. The van der Waals surface area contributed by atoms with Gasteiger partial charge >= 0.3 is 11.9 Å². The fourth-order valence-electron chi connectivity index (χ4n) is 3.03. The van der Waals surface area contributed by atoms with E-state index in [0.29, 0.717) is 33.0 Å². The van der Waals surface area contributed by atoms with E-state index < -0.39 is 15.8 Å². The topological polar surface area (TPSA) is 124 Å². The maximum atomic E-state index is 12.1. The Morgan fingerprint density at radius 3 is 2.36 bits per heavy atom. The number of hydrogen-bond acceptors (Lipinski definition) is 8. The van der Waals surface area contributed by atoms with E-state index in [0.717, 1.165) is 0 Å². The lowest BCUT2D eigenvalue weighted by Crippen LogP contribution is -2.26. The number of esters is 2. The molecule has 1 atom stereocenters. The van der Waals surface area contributed by atoms with Gasteiger partial charge in [0.15, 0.2) is 0 Å². The van der Waals surface area contributed by atoms with Gasteiger partial charge < -0.3 is 14.5 Å². The summed E-state index contributed by atoms with van der Waals surface area (Å²) in [7, 11) is 0. The van der Waals surface area contributed by atoms with E-state index in [1.54, 1.807) is 53.7 Å². The Balaban J connectivity index is 1.81. The normalized spacial score (nSPS) is 16.5. The summed E-state index contributed by atoms with van der Waals surface area (Å²) in [4.78, 5) is 43.0. The number of benzene rings is 1. The lowest BCUT2D eigenvalue weighted by Gasteiger charge is -2.17. The summed E-state index contributed by atoms with van der Waals surface area (Å²) in [5, 5.41) is 13.0. The average molecular weight is 476 g/mol. The van der Waals surface area contributed by atoms with Crippen LogP contribution >= 0.6 is 11.8 Å². The van der Waals surface area contributed by atoms with Crippen molar-refractivity contribution in [2.24, 2.45) is 15.8 Å². The van der Waals surface area contributed by atoms with Crippen LogP contribution in [0.5, 0.6) is 0 Å². The molecule has 0 radical (unpaired) electrons. The lowest BCUT2D eigenvalue weighted by atomic mass is 9.97. The fourth-order valence-corrected chi connectivity index (χ4v) is 4.04. The molecule has 0 bridgehead atoms. The molecule has 1 aromatic heterocycles. The van der Waals surface area contributed by atoms with Gasteiger partial charge in [-0.25, -0.2) is 0 Å². The molecule has 2 aromatic rings. The number of non-ortho nitro benzene ring substituents is 1. The number of nitrogens with one attached hydrogen (secondary N) is 1. The van der Waals surface area contributed by atoms with Crippen molar-refractivity contribution < 1.29 is 24.0 Å². The summed E-state index contributed by atoms with van der Waals surface area (Å²) in [6.45, 7) is 10.8. The predicted molar refractivity (Wildman–Crippen MR) is 127 cm³/mol. The zero-order valence-electron chi connectivity index (χ0n) is 19.7. The van der Waals surface area contributed by atoms with Gasteiger partial charge in [0.25, 0.3) is 5.69 Å². The number of hydrogen-bond donors (Lipinski definition) is 1. The molecule has 9 nitrogen and oxygen atoms in total. The molecule has 0 saturated heterocycles. The highest BCUT2D eigenvalue weighted by molar-refractivity contribution is 8.14. The number of aliphatic imine (C=N–C) groups is 1. The molecule has 2 heterocycles. The van der Waals surface area contributed by atoms with Crippen molar-refractivity contribution in [2.45, 2.75) is 54.2 Å². The van der Waals surface area contributed by atoms with Crippen molar-refractivity contribution in [1.29, 1.82) is 0 Å². The first-order chi connectivity index (χ1) is 15.3. The maximum absolute atomic E-state index is 12.1. The zero-order chi connectivity index (χ0) is 24.6. The van der Waals surface area contributed by atoms with Gasteiger partial charge in [-0.2, -0.15) is 0 Å². The van der Waals surface area contributed by atoms with Crippen LogP contribution in [0, 0.1) is 20.9 Å². The summed E-state index contributed by atoms with van der Waals surface area (Å²) in [6, 6.07) is 4.80. The van der Waals surface area contributed by atoms with Gasteiger partial charge in [-0.1, -0.05) is 0 Å². The quantitative estimate of drug-likeness (QED) is 0.367. The fraction of sp³-hybridized carbons (Fsp3) is 0.522. The summed E-state index contributed by atoms with van der Waals surface area (Å²) < 4.78 is 10.7. The number of nitro benzene ring substituents is 1. The molecular formula is C23H29N3O6S. The van der Waals surface area contributed by atoms with Crippen molar-refractivity contribution in [3.63, 3.8) is 0 Å². The number of carbonyl (C=O) groups is 2. The molecule has 1 unspecified atom stereocenters. The Morgan fingerprint density at radius 1 is 1.12 bits per heavy atom. The second-order valence-corrected chi connectivity index (χ2v) is 11.1. The minimum atomic E-state index is -0.660. The molecule has 0 fully saturated rings. The van der Waals surface area contributed by atoms with Crippen LogP contribution in [-0.2, 0) is 25.7 Å². The number of aromatic amines is 1. The molecule has 10 heteroatoms. The standard InChI is InChI=1S/C23H29N3O6S/c1-22(2,3)20(27)31-10-13-7-14-9-16(25-18(14)17(8-13)26(29)30)19-24-15(12-33-19)11-32-21(28)23(4,5)6/h7-9,15,25H,10-12H2,1-6H3. The van der Waals surface area contributed by atoms with Crippen molar-refractivity contribution in [2.75, 3.05) is 12.4 Å². The van der Waals surface area contributed by atoms with Crippen LogP contribution in [0.3, 0.4) is 0 Å². The molecule has 33 heavy (non-hydrogen) atoms. The number of nitro groups is 1. The van der Waals surface area contributed by atoms with Crippen LogP contribution in [0.25, 0.3) is 10.9 Å². The molecule has 0 aliphatic carbocycles. The molecule has 0 saturated carbocycles. The number of nitrogens with zero attached hydrogens (tertiary/aromatic N) is 2. The van der Waals surface area contributed by atoms with Crippen molar-refractivity contribution in [3.8, 4) is 0 Å². The molecular weight excluding hydrogens is 446 g/mol. The SMILES string of the molecule is CC(C)(C)C(=O)OCc1cc([N+](=O)[O-])c2[nH]c(C3=NC(COC(=O)C(C)(C)C)CS3)cc2c1. The average Bonchev–Trinajstić information content (AvgIpc) is 3.34. The van der Waals surface area contributed by atoms with E-state index in [2.05, 4.69) is 9.98 Å². The highest BCUT2D eigenvalue weighted by atomic mass is 32.2. The Bertz CT molecular complexity index is 1120. The smallest absolute Gasteiger partial charge is 0.311 e. The zero-order valence-corrected chi connectivity index (χ0v) is 20.5. The molecule has 1 aliphatic rings. The highest BCUT2D eigenvalue weighted by Crippen LogP contribution is 2.32. The first-order valence-electron chi connectivity index (χ1n) is 10.6. The van der Waals surface area contributed by atoms with Gasteiger partial charge in [-0.3, -0.25) is 24.7 Å².